The fourth-order valence-electron chi connectivity index (χ4n) is 1.29. The highest BCUT2D eigenvalue weighted by Crippen LogP contribution is 2.26. The van der Waals surface area contributed by atoms with Crippen molar-refractivity contribution in [3.8, 4) is 0 Å². The highest BCUT2D eigenvalue weighted by atomic mass is 79.9. The van der Waals surface area contributed by atoms with E-state index in [9.17, 15) is 13.6 Å². The zero-order valence-corrected chi connectivity index (χ0v) is 11.8. The van der Waals surface area contributed by atoms with Gasteiger partial charge in [-0.15, -0.1) is 0 Å². The summed E-state index contributed by atoms with van der Waals surface area (Å²) in [5, 5.41) is 2.37. The normalized spacial score (nSPS) is 14.1. The lowest BCUT2D eigenvalue weighted by atomic mass is 9.86. The minimum atomic E-state index is -0.796. The van der Waals surface area contributed by atoms with E-state index in [0.717, 1.165) is 12.1 Å². The number of halogens is 3. The Morgan fingerprint density at radius 3 is 2.56 bits per heavy atom. The Hall–Kier alpha value is -1.01. The van der Waals surface area contributed by atoms with Crippen molar-refractivity contribution in [2.45, 2.75) is 20.3 Å². The molecule has 0 aliphatic heterocycles. The molecule has 1 amide bonds. The number of nitrogens with two attached hydrogens (primary N) is 1. The Morgan fingerprint density at radius 2 is 2.06 bits per heavy atom. The number of benzene rings is 1. The molecule has 18 heavy (non-hydrogen) atoms. The zero-order chi connectivity index (χ0) is 13.9. The summed E-state index contributed by atoms with van der Waals surface area (Å²) < 4.78 is 26.8. The minimum absolute atomic E-state index is 0.00933. The average molecular weight is 321 g/mol. The molecule has 1 atom stereocenters. The summed E-state index contributed by atoms with van der Waals surface area (Å²) in [5.41, 5.74) is 4.55. The smallest absolute Gasteiger partial charge is 0.231 e. The van der Waals surface area contributed by atoms with E-state index >= 15 is 0 Å². The fourth-order valence-corrected chi connectivity index (χ4v) is 1.60. The maximum absolute atomic E-state index is 13.5. The summed E-state index contributed by atoms with van der Waals surface area (Å²) in [6.07, 6.45) is 0.510. The van der Waals surface area contributed by atoms with Gasteiger partial charge in [-0.25, -0.2) is 8.78 Å². The first kappa shape index (κ1) is 15.0. The van der Waals surface area contributed by atoms with E-state index < -0.39 is 23.0 Å². The number of nitrogens with one attached hydrogen (secondary N) is 1. The van der Waals surface area contributed by atoms with Gasteiger partial charge in [-0.1, -0.05) is 6.92 Å². The maximum Gasteiger partial charge on any atom is 0.231 e. The molecular formula is C12H15BrF2N2O. The monoisotopic (exact) mass is 320 g/mol. The van der Waals surface area contributed by atoms with Crippen molar-refractivity contribution in [2.24, 2.45) is 11.1 Å². The van der Waals surface area contributed by atoms with Crippen molar-refractivity contribution in [1.82, 2.24) is 0 Å². The molecule has 0 bridgehead atoms. The standard InChI is InChI=1S/C12H15BrF2N2O/c1-3-12(2,6-16)11(18)17-10-5-8(14)7(13)4-9(10)15/h4-5H,3,6,16H2,1-2H3,(H,17,18). The largest absolute Gasteiger partial charge is 0.329 e. The van der Waals surface area contributed by atoms with Crippen LogP contribution in [0.2, 0.25) is 0 Å². The number of amides is 1. The summed E-state index contributed by atoms with van der Waals surface area (Å²) in [6.45, 7) is 3.62. The Kier molecular flexibility index (Phi) is 4.81. The first-order valence-electron chi connectivity index (χ1n) is 5.50. The van der Waals surface area contributed by atoms with Crippen LogP contribution >= 0.6 is 15.9 Å². The Labute approximate surface area is 113 Å². The summed E-state index contributed by atoms with van der Waals surface area (Å²) in [5.74, 6) is -1.77. The van der Waals surface area contributed by atoms with Gasteiger partial charge in [-0.3, -0.25) is 4.79 Å². The number of rotatable bonds is 4. The quantitative estimate of drug-likeness (QED) is 0.838. The van der Waals surface area contributed by atoms with Crippen LogP contribution in [0.3, 0.4) is 0 Å². The second kappa shape index (κ2) is 5.75. The van der Waals surface area contributed by atoms with Crippen LogP contribution in [0, 0.1) is 17.0 Å². The third-order valence-electron chi connectivity index (χ3n) is 3.04. The molecule has 0 radical (unpaired) electrons. The van der Waals surface area contributed by atoms with Crippen LogP contribution in [0.1, 0.15) is 20.3 Å². The average Bonchev–Trinajstić information content (AvgIpc) is 2.34. The van der Waals surface area contributed by atoms with Gasteiger partial charge in [0.15, 0.2) is 0 Å². The van der Waals surface area contributed by atoms with Crippen molar-refractivity contribution in [3.05, 3.63) is 28.2 Å². The molecule has 0 aliphatic carbocycles. The second-order valence-corrected chi connectivity index (χ2v) is 5.17. The van der Waals surface area contributed by atoms with E-state index in [4.69, 9.17) is 5.73 Å². The van der Waals surface area contributed by atoms with Gasteiger partial charge in [0.05, 0.1) is 15.6 Å². The fraction of sp³-hybridized carbons (Fsp3) is 0.417. The SMILES string of the molecule is CCC(C)(CN)C(=O)Nc1cc(F)c(Br)cc1F. The lowest BCUT2D eigenvalue weighted by Crippen LogP contribution is -2.39. The molecule has 3 nitrogen and oxygen atoms in total. The molecule has 1 rings (SSSR count). The lowest BCUT2D eigenvalue weighted by Gasteiger charge is -2.25. The molecule has 0 spiro atoms. The van der Waals surface area contributed by atoms with Crippen LogP contribution in [0.4, 0.5) is 14.5 Å². The molecule has 3 N–H and O–H groups in total. The van der Waals surface area contributed by atoms with Crippen LogP contribution in [0.25, 0.3) is 0 Å². The summed E-state index contributed by atoms with van der Waals surface area (Å²) >= 11 is 2.87. The number of carbonyl (C=O) groups excluding carboxylic acids is 1. The van der Waals surface area contributed by atoms with Crippen LogP contribution in [-0.2, 0) is 4.79 Å². The molecule has 0 aromatic heterocycles. The molecule has 0 heterocycles. The van der Waals surface area contributed by atoms with Crippen molar-refractivity contribution in [3.63, 3.8) is 0 Å². The first-order valence-corrected chi connectivity index (χ1v) is 6.29. The summed E-state index contributed by atoms with van der Waals surface area (Å²) in [4.78, 5) is 12.0. The number of hydrogen-bond acceptors (Lipinski definition) is 2. The van der Waals surface area contributed by atoms with Crippen LogP contribution in [-0.4, -0.2) is 12.5 Å². The Balaban J connectivity index is 2.98. The van der Waals surface area contributed by atoms with Crippen LogP contribution in [0.15, 0.2) is 16.6 Å². The molecular weight excluding hydrogens is 306 g/mol. The molecule has 0 saturated carbocycles. The molecule has 1 aromatic rings. The predicted octanol–water partition coefficient (Wildman–Crippen LogP) is 3.04. The van der Waals surface area contributed by atoms with Gasteiger partial charge >= 0.3 is 0 Å². The van der Waals surface area contributed by atoms with Gasteiger partial charge in [0.2, 0.25) is 5.91 Å². The van der Waals surface area contributed by atoms with Crippen molar-refractivity contribution < 1.29 is 13.6 Å². The highest BCUT2D eigenvalue weighted by molar-refractivity contribution is 9.10. The predicted molar refractivity (Wildman–Crippen MR) is 70.1 cm³/mol. The van der Waals surface area contributed by atoms with E-state index in [1.807, 2.05) is 6.92 Å². The Bertz CT molecular complexity index is 462. The van der Waals surface area contributed by atoms with Gasteiger partial charge in [0, 0.05) is 12.6 Å². The summed E-state index contributed by atoms with van der Waals surface area (Å²) in [6, 6.07) is 1.90. The van der Waals surface area contributed by atoms with Crippen molar-refractivity contribution in [2.75, 3.05) is 11.9 Å². The van der Waals surface area contributed by atoms with Gasteiger partial charge < -0.3 is 11.1 Å². The topological polar surface area (TPSA) is 55.1 Å². The lowest BCUT2D eigenvalue weighted by molar-refractivity contribution is -0.124. The maximum atomic E-state index is 13.5. The molecule has 0 aliphatic rings. The second-order valence-electron chi connectivity index (χ2n) is 4.32. The number of anilines is 1. The third-order valence-corrected chi connectivity index (χ3v) is 3.64. The van der Waals surface area contributed by atoms with Crippen molar-refractivity contribution in [1.29, 1.82) is 0 Å². The Morgan fingerprint density at radius 1 is 1.44 bits per heavy atom. The van der Waals surface area contributed by atoms with Gasteiger partial charge in [-0.2, -0.15) is 0 Å². The van der Waals surface area contributed by atoms with E-state index in [1.54, 1.807) is 6.92 Å². The van der Waals surface area contributed by atoms with E-state index in [1.165, 1.54) is 0 Å². The molecule has 100 valence electrons. The minimum Gasteiger partial charge on any atom is -0.329 e. The van der Waals surface area contributed by atoms with Gasteiger partial charge in [0.25, 0.3) is 0 Å². The highest BCUT2D eigenvalue weighted by Gasteiger charge is 2.30. The molecule has 1 unspecified atom stereocenters. The molecule has 1 aromatic carbocycles. The van der Waals surface area contributed by atoms with Gasteiger partial charge in [0.1, 0.15) is 11.6 Å². The zero-order valence-electron chi connectivity index (χ0n) is 10.2. The van der Waals surface area contributed by atoms with E-state index in [-0.39, 0.29) is 16.7 Å². The molecule has 0 saturated heterocycles. The number of carbonyl (C=O) groups is 1. The third kappa shape index (κ3) is 3.05. The van der Waals surface area contributed by atoms with E-state index in [2.05, 4.69) is 21.2 Å². The number of hydrogen-bond donors (Lipinski definition) is 2. The molecule has 0 fully saturated rings. The van der Waals surface area contributed by atoms with Crippen molar-refractivity contribution >= 4 is 27.5 Å². The van der Waals surface area contributed by atoms with Gasteiger partial charge in [-0.05, 0) is 35.3 Å². The van der Waals surface area contributed by atoms with Crippen LogP contribution in [0.5, 0.6) is 0 Å². The first-order chi connectivity index (χ1) is 8.34. The van der Waals surface area contributed by atoms with E-state index in [0.29, 0.717) is 6.42 Å². The summed E-state index contributed by atoms with van der Waals surface area (Å²) in [7, 11) is 0. The molecule has 6 heteroatoms. The van der Waals surface area contributed by atoms with Crippen LogP contribution < -0.4 is 11.1 Å².